The second-order valence-corrected chi connectivity index (χ2v) is 6.20. The Kier molecular flexibility index (Phi) is 5.99. The lowest BCUT2D eigenvalue weighted by atomic mass is 10.2. The summed E-state index contributed by atoms with van der Waals surface area (Å²) in [6.07, 6.45) is 1.44. The quantitative estimate of drug-likeness (QED) is 0.561. The van der Waals surface area contributed by atoms with E-state index in [1.54, 1.807) is 32.0 Å². The van der Waals surface area contributed by atoms with E-state index >= 15 is 0 Å². The van der Waals surface area contributed by atoms with Crippen LogP contribution in [0.2, 0.25) is 0 Å². The maximum Gasteiger partial charge on any atom is 0.347 e. The molecule has 0 amide bonds. The van der Waals surface area contributed by atoms with Gasteiger partial charge >= 0.3 is 5.97 Å². The molecular formula is C22H22O6. The van der Waals surface area contributed by atoms with Gasteiger partial charge in [0.15, 0.2) is 6.10 Å². The molecule has 1 aromatic heterocycles. The molecule has 0 spiro atoms. The first kappa shape index (κ1) is 19.5. The van der Waals surface area contributed by atoms with Gasteiger partial charge in [0.25, 0.3) is 0 Å². The highest BCUT2D eigenvalue weighted by Gasteiger charge is 2.17. The first-order valence-electron chi connectivity index (χ1n) is 9.17. The van der Waals surface area contributed by atoms with Crippen molar-refractivity contribution in [1.82, 2.24) is 0 Å². The van der Waals surface area contributed by atoms with E-state index in [1.165, 1.54) is 11.8 Å². The van der Waals surface area contributed by atoms with Gasteiger partial charge in [-0.2, -0.15) is 0 Å². The van der Waals surface area contributed by atoms with Crippen LogP contribution in [0.15, 0.2) is 57.9 Å². The molecule has 0 aliphatic carbocycles. The number of hydrogen-bond acceptors (Lipinski definition) is 6. The predicted molar refractivity (Wildman–Crippen MR) is 105 cm³/mol. The van der Waals surface area contributed by atoms with Gasteiger partial charge in [0, 0.05) is 6.07 Å². The van der Waals surface area contributed by atoms with Crippen molar-refractivity contribution in [3.8, 4) is 17.2 Å². The minimum atomic E-state index is -0.766. The number of carbonyl (C=O) groups is 1. The topological polar surface area (TPSA) is 75.0 Å². The molecule has 3 rings (SSSR count). The number of rotatable bonds is 7. The van der Waals surface area contributed by atoms with Crippen LogP contribution in [0, 0.1) is 0 Å². The number of carbonyl (C=O) groups excluding carboxylic acids is 1. The lowest BCUT2D eigenvalue weighted by Crippen LogP contribution is -2.26. The molecule has 0 N–H and O–H groups in total. The third kappa shape index (κ3) is 4.34. The zero-order chi connectivity index (χ0) is 20.1. The highest BCUT2D eigenvalue weighted by Crippen LogP contribution is 2.25. The number of aryl methyl sites for hydroxylation is 1. The molecule has 3 aromatic rings. The van der Waals surface area contributed by atoms with Gasteiger partial charge in [-0.3, -0.25) is 4.79 Å². The van der Waals surface area contributed by atoms with Crippen molar-refractivity contribution in [1.29, 1.82) is 0 Å². The van der Waals surface area contributed by atoms with Crippen LogP contribution in [-0.2, 0) is 16.0 Å². The molecule has 0 saturated heterocycles. The van der Waals surface area contributed by atoms with E-state index in [-0.39, 0.29) is 17.8 Å². The summed E-state index contributed by atoms with van der Waals surface area (Å²) < 4.78 is 21.7. The van der Waals surface area contributed by atoms with Crippen LogP contribution in [-0.4, -0.2) is 18.7 Å². The normalized spacial score (nSPS) is 11.8. The van der Waals surface area contributed by atoms with Crippen LogP contribution in [0.4, 0.5) is 0 Å². The lowest BCUT2D eigenvalue weighted by Gasteiger charge is -2.13. The minimum Gasteiger partial charge on any atom is -0.479 e. The third-order valence-corrected chi connectivity index (χ3v) is 4.21. The van der Waals surface area contributed by atoms with Gasteiger partial charge in [-0.15, -0.1) is 0 Å². The molecule has 0 aliphatic rings. The molecule has 6 heteroatoms. The van der Waals surface area contributed by atoms with Crippen molar-refractivity contribution in [2.75, 3.05) is 6.61 Å². The smallest absolute Gasteiger partial charge is 0.347 e. The molecular weight excluding hydrogens is 360 g/mol. The highest BCUT2D eigenvalue weighted by atomic mass is 16.6. The summed E-state index contributed by atoms with van der Waals surface area (Å²) in [7, 11) is 0. The molecule has 0 saturated carbocycles. The first-order chi connectivity index (χ1) is 13.5. The molecule has 2 aromatic carbocycles. The second kappa shape index (κ2) is 8.61. The van der Waals surface area contributed by atoms with E-state index in [9.17, 15) is 9.59 Å². The largest absolute Gasteiger partial charge is 0.479 e. The van der Waals surface area contributed by atoms with Gasteiger partial charge in [0.2, 0.25) is 11.2 Å². The fourth-order valence-electron chi connectivity index (χ4n) is 2.67. The molecule has 0 unspecified atom stereocenters. The summed E-state index contributed by atoms with van der Waals surface area (Å²) in [5.74, 6) is 0.610. The SMILES string of the molecule is CCOC(=O)[C@@H](C)Oc1ccc2c(=O)c(Oc3ccc(CC)cc3)coc2c1. The van der Waals surface area contributed by atoms with Crippen molar-refractivity contribution in [2.45, 2.75) is 33.3 Å². The van der Waals surface area contributed by atoms with E-state index in [2.05, 4.69) is 6.92 Å². The van der Waals surface area contributed by atoms with Gasteiger partial charge in [-0.05, 0) is 50.1 Å². The van der Waals surface area contributed by atoms with E-state index in [4.69, 9.17) is 18.6 Å². The van der Waals surface area contributed by atoms with Gasteiger partial charge in [0.1, 0.15) is 23.3 Å². The Morgan fingerprint density at radius 1 is 1.07 bits per heavy atom. The van der Waals surface area contributed by atoms with Gasteiger partial charge in [-0.25, -0.2) is 4.79 Å². The molecule has 1 heterocycles. The Hall–Kier alpha value is -3.28. The Morgan fingerprint density at radius 2 is 1.79 bits per heavy atom. The first-order valence-corrected chi connectivity index (χ1v) is 9.17. The van der Waals surface area contributed by atoms with Gasteiger partial charge in [-0.1, -0.05) is 19.1 Å². The fraction of sp³-hybridized carbons (Fsp3) is 0.273. The summed E-state index contributed by atoms with van der Waals surface area (Å²) in [6, 6.07) is 12.3. The van der Waals surface area contributed by atoms with E-state index in [0.29, 0.717) is 22.5 Å². The molecule has 0 fully saturated rings. The fourth-order valence-corrected chi connectivity index (χ4v) is 2.67. The molecule has 6 nitrogen and oxygen atoms in total. The van der Waals surface area contributed by atoms with Crippen LogP contribution in [0.3, 0.4) is 0 Å². The number of esters is 1. The zero-order valence-corrected chi connectivity index (χ0v) is 16.1. The Morgan fingerprint density at radius 3 is 2.46 bits per heavy atom. The number of hydrogen-bond donors (Lipinski definition) is 0. The van der Waals surface area contributed by atoms with Crippen LogP contribution in [0.5, 0.6) is 17.2 Å². The molecule has 146 valence electrons. The number of fused-ring (bicyclic) bond motifs is 1. The van der Waals surface area contributed by atoms with Crippen LogP contribution in [0.1, 0.15) is 26.3 Å². The summed E-state index contributed by atoms with van der Waals surface area (Å²) in [5.41, 5.74) is 1.24. The maximum atomic E-state index is 12.7. The van der Waals surface area contributed by atoms with Crippen molar-refractivity contribution >= 4 is 16.9 Å². The van der Waals surface area contributed by atoms with Gasteiger partial charge in [0.05, 0.1) is 12.0 Å². The zero-order valence-electron chi connectivity index (χ0n) is 16.1. The summed E-state index contributed by atoms with van der Waals surface area (Å²) >= 11 is 0. The summed E-state index contributed by atoms with van der Waals surface area (Å²) in [5, 5.41) is 0.360. The molecule has 28 heavy (non-hydrogen) atoms. The second-order valence-electron chi connectivity index (χ2n) is 6.20. The van der Waals surface area contributed by atoms with Crippen molar-refractivity contribution in [2.24, 2.45) is 0 Å². The van der Waals surface area contributed by atoms with Crippen molar-refractivity contribution < 1.29 is 23.4 Å². The average Bonchev–Trinajstić information content (AvgIpc) is 2.71. The van der Waals surface area contributed by atoms with E-state index in [1.807, 2.05) is 24.3 Å². The van der Waals surface area contributed by atoms with Crippen molar-refractivity contribution in [3.63, 3.8) is 0 Å². The molecule has 0 aliphatic heterocycles. The average molecular weight is 382 g/mol. The number of ether oxygens (including phenoxy) is 3. The van der Waals surface area contributed by atoms with Crippen LogP contribution < -0.4 is 14.9 Å². The predicted octanol–water partition coefficient (Wildman–Crippen LogP) is 4.48. The Balaban J connectivity index is 1.82. The Labute approximate surface area is 162 Å². The standard InChI is InChI=1S/C22H22O6/c1-4-15-6-8-16(9-7-15)28-20-13-26-19-12-17(10-11-18(19)21(20)23)27-14(3)22(24)25-5-2/h6-14H,4-5H2,1-3H3/t14-/m1/s1. The number of benzene rings is 2. The molecule has 1 atom stereocenters. The third-order valence-electron chi connectivity index (χ3n) is 4.21. The van der Waals surface area contributed by atoms with E-state index < -0.39 is 12.1 Å². The Bertz CT molecular complexity index is 1020. The maximum absolute atomic E-state index is 12.7. The minimum absolute atomic E-state index is 0.102. The van der Waals surface area contributed by atoms with Crippen molar-refractivity contribution in [3.05, 3.63) is 64.5 Å². The highest BCUT2D eigenvalue weighted by molar-refractivity contribution is 5.79. The molecule has 0 bridgehead atoms. The lowest BCUT2D eigenvalue weighted by molar-refractivity contribution is -0.150. The van der Waals surface area contributed by atoms with Crippen LogP contribution in [0.25, 0.3) is 11.0 Å². The van der Waals surface area contributed by atoms with Gasteiger partial charge < -0.3 is 18.6 Å². The summed E-state index contributed by atoms with van der Waals surface area (Å²) in [6.45, 7) is 5.68. The van der Waals surface area contributed by atoms with Crippen LogP contribution >= 0.6 is 0 Å². The summed E-state index contributed by atoms with van der Waals surface area (Å²) in [4.78, 5) is 24.4. The molecule has 0 radical (unpaired) electrons. The monoisotopic (exact) mass is 382 g/mol. The van der Waals surface area contributed by atoms with E-state index in [0.717, 1.165) is 6.42 Å².